The molecule has 0 atom stereocenters. The number of nitrogens with zero attached hydrogens (tertiary/aromatic N) is 1. The molecule has 0 unspecified atom stereocenters. The first-order valence-electron chi connectivity index (χ1n) is 7.28. The summed E-state index contributed by atoms with van der Waals surface area (Å²) in [5.74, 6) is 0.775. The third-order valence-electron chi connectivity index (χ3n) is 3.87. The van der Waals surface area contributed by atoms with Crippen molar-refractivity contribution in [2.24, 2.45) is 0 Å². The fourth-order valence-electron chi connectivity index (χ4n) is 2.71. The van der Waals surface area contributed by atoms with Gasteiger partial charge in [0.1, 0.15) is 0 Å². The van der Waals surface area contributed by atoms with E-state index in [4.69, 9.17) is 0 Å². The van der Waals surface area contributed by atoms with E-state index in [2.05, 4.69) is 24.4 Å². The molecule has 104 valence electrons. The van der Waals surface area contributed by atoms with E-state index in [0.29, 0.717) is 5.92 Å². The molecule has 1 heterocycles. The summed E-state index contributed by atoms with van der Waals surface area (Å²) < 4.78 is 0. The van der Waals surface area contributed by atoms with Gasteiger partial charge in [-0.05, 0) is 56.0 Å². The highest BCUT2D eigenvalue weighted by molar-refractivity contribution is 5.94. The standard InChI is InChI=1S/C16H24N2O/c1-3-12-18(2)16(19)15-6-4-13(5-7-15)14-8-10-17-11-9-14/h4-7,14,17H,3,8-12H2,1-2H3. The summed E-state index contributed by atoms with van der Waals surface area (Å²) in [5, 5.41) is 3.38. The van der Waals surface area contributed by atoms with Gasteiger partial charge in [0.2, 0.25) is 0 Å². The summed E-state index contributed by atoms with van der Waals surface area (Å²) in [4.78, 5) is 13.9. The van der Waals surface area contributed by atoms with Crippen molar-refractivity contribution in [3.8, 4) is 0 Å². The van der Waals surface area contributed by atoms with Crippen molar-refractivity contribution in [2.75, 3.05) is 26.7 Å². The number of hydrogen-bond acceptors (Lipinski definition) is 2. The van der Waals surface area contributed by atoms with Crippen molar-refractivity contribution in [3.05, 3.63) is 35.4 Å². The van der Waals surface area contributed by atoms with Crippen LogP contribution in [0.5, 0.6) is 0 Å². The van der Waals surface area contributed by atoms with Crippen LogP contribution in [0.25, 0.3) is 0 Å². The van der Waals surface area contributed by atoms with Gasteiger partial charge in [-0.2, -0.15) is 0 Å². The molecule has 1 saturated heterocycles. The number of carbonyl (C=O) groups is 1. The van der Waals surface area contributed by atoms with Crippen LogP contribution in [0.15, 0.2) is 24.3 Å². The highest BCUT2D eigenvalue weighted by Crippen LogP contribution is 2.25. The van der Waals surface area contributed by atoms with Gasteiger partial charge in [-0.15, -0.1) is 0 Å². The summed E-state index contributed by atoms with van der Waals surface area (Å²) >= 11 is 0. The molecule has 3 nitrogen and oxygen atoms in total. The Bertz CT molecular complexity index is 407. The average molecular weight is 260 g/mol. The quantitative estimate of drug-likeness (QED) is 0.902. The van der Waals surface area contributed by atoms with E-state index in [1.165, 1.54) is 18.4 Å². The predicted octanol–water partition coefficient (Wildman–Crippen LogP) is 2.64. The highest BCUT2D eigenvalue weighted by Gasteiger charge is 2.16. The van der Waals surface area contributed by atoms with Crippen LogP contribution >= 0.6 is 0 Å². The molecule has 1 aliphatic heterocycles. The number of benzene rings is 1. The highest BCUT2D eigenvalue weighted by atomic mass is 16.2. The maximum absolute atomic E-state index is 12.1. The van der Waals surface area contributed by atoms with E-state index in [9.17, 15) is 4.79 Å². The molecule has 2 rings (SSSR count). The summed E-state index contributed by atoms with van der Waals surface area (Å²) in [6.45, 7) is 5.11. The van der Waals surface area contributed by atoms with Crippen molar-refractivity contribution in [3.63, 3.8) is 0 Å². The van der Waals surface area contributed by atoms with E-state index >= 15 is 0 Å². The molecule has 0 radical (unpaired) electrons. The van der Waals surface area contributed by atoms with Gasteiger partial charge >= 0.3 is 0 Å². The van der Waals surface area contributed by atoms with Crippen LogP contribution in [0.1, 0.15) is 48.0 Å². The Kier molecular flexibility index (Phi) is 4.97. The number of hydrogen-bond donors (Lipinski definition) is 1. The van der Waals surface area contributed by atoms with Gasteiger partial charge in [0.15, 0.2) is 0 Å². The molecule has 1 fully saturated rings. The molecule has 1 aliphatic rings. The Morgan fingerprint density at radius 1 is 1.26 bits per heavy atom. The van der Waals surface area contributed by atoms with Crippen LogP contribution in [0, 0.1) is 0 Å². The lowest BCUT2D eigenvalue weighted by Gasteiger charge is -2.23. The SMILES string of the molecule is CCCN(C)C(=O)c1ccc(C2CCNCC2)cc1. The lowest BCUT2D eigenvalue weighted by molar-refractivity contribution is 0.0795. The fourth-order valence-corrected chi connectivity index (χ4v) is 2.71. The summed E-state index contributed by atoms with van der Waals surface area (Å²) in [7, 11) is 1.87. The normalized spacial score (nSPS) is 16.3. The summed E-state index contributed by atoms with van der Waals surface area (Å²) in [6, 6.07) is 8.21. The van der Waals surface area contributed by atoms with Crippen molar-refractivity contribution < 1.29 is 4.79 Å². The first kappa shape index (κ1) is 14.1. The Morgan fingerprint density at radius 2 is 1.89 bits per heavy atom. The molecule has 1 aromatic carbocycles. The molecular weight excluding hydrogens is 236 g/mol. The third-order valence-corrected chi connectivity index (χ3v) is 3.87. The van der Waals surface area contributed by atoms with Gasteiger partial charge in [-0.25, -0.2) is 0 Å². The third kappa shape index (κ3) is 3.57. The Hall–Kier alpha value is -1.35. The van der Waals surface area contributed by atoms with Crippen LogP contribution in [-0.4, -0.2) is 37.5 Å². The molecule has 0 aliphatic carbocycles. The molecule has 1 amide bonds. The minimum atomic E-state index is 0.124. The van der Waals surface area contributed by atoms with E-state index < -0.39 is 0 Å². The van der Waals surface area contributed by atoms with Crippen LogP contribution in [-0.2, 0) is 0 Å². The first-order chi connectivity index (χ1) is 9.22. The van der Waals surface area contributed by atoms with E-state index in [1.54, 1.807) is 4.90 Å². The van der Waals surface area contributed by atoms with E-state index in [-0.39, 0.29) is 5.91 Å². The monoisotopic (exact) mass is 260 g/mol. The minimum Gasteiger partial charge on any atom is -0.342 e. The second-order valence-corrected chi connectivity index (χ2v) is 5.37. The topological polar surface area (TPSA) is 32.3 Å². The van der Waals surface area contributed by atoms with Gasteiger partial charge in [0.25, 0.3) is 5.91 Å². The second kappa shape index (κ2) is 6.71. The molecule has 1 aromatic rings. The van der Waals surface area contributed by atoms with Crippen LogP contribution in [0.2, 0.25) is 0 Å². The lowest BCUT2D eigenvalue weighted by Crippen LogP contribution is -2.28. The van der Waals surface area contributed by atoms with Crippen LogP contribution in [0.4, 0.5) is 0 Å². The second-order valence-electron chi connectivity index (χ2n) is 5.37. The number of carbonyl (C=O) groups excluding carboxylic acids is 1. The van der Waals surface area contributed by atoms with E-state index in [0.717, 1.165) is 31.6 Å². The molecule has 3 heteroatoms. The van der Waals surface area contributed by atoms with Gasteiger partial charge in [0, 0.05) is 19.2 Å². The zero-order chi connectivity index (χ0) is 13.7. The molecule has 0 bridgehead atoms. The molecule has 0 spiro atoms. The van der Waals surface area contributed by atoms with Crippen molar-refractivity contribution >= 4 is 5.91 Å². The zero-order valence-corrected chi connectivity index (χ0v) is 12.0. The van der Waals surface area contributed by atoms with Crippen LogP contribution in [0.3, 0.4) is 0 Å². The molecule has 0 saturated carbocycles. The van der Waals surface area contributed by atoms with Gasteiger partial charge in [-0.3, -0.25) is 4.79 Å². The van der Waals surface area contributed by atoms with Gasteiger partial charge in [0.05, 0.1) is 0 Å². The zero-order valence-electron chi connectivity index (χ0n) is 12.0. The number of piperidine rings is 1. The number of amides is 1. The van der Waals surface area contributed by atoms with Crippen LogP contribution < -0.4 is 5.32 Å². The van der Waals surface area contributed by atoms with Gasteiger partial charge < -0.3 is 10.2 Å². The molecule has 0 aromatic heterocycles. The summed E-state index contributed by atoms with van der Waals surface area (Å²) in [5.41, 5.74) is 2.17. The predicted molar refractivity (Wildman–Crippen MR) is 78.5 cm³/mol. The molecule has 1 N–H and O–H groups in total. The fraction of sp³-hybridized carbons (Fsp3) is 0.562. The van der Waals surface area contributed by atoms with Gasteiger partial charge in [-0.1, -0.05) is 19.1 Å². The maximum atomic E-state index is 12.1. The minimum absolute atomic E-state index is 0.124. The molecule has 19 heavy (non-hydrogen) atoms. The lowest BCUT2D eigenvalue weighted by atomic mass is 9.90. The van der Waals surface area contributed by atoms with Crippen molar-refractivity contribution in [2.45, 2.75) is 32.1 Å². The largest absolute Gasteiger partial charge is 0.342 e. The summed E-state index contributed by atoms with van der Waals surface area (Å²) in [6.07, 6.45) is 3.39. The maximum Gasteiger partial charge on any atom is 0.253 e. The van der Waals surface area contributed by atoms with Crippen molar-refractivity contribution in [1.82, 2.24) is 10.2 Å². The Morgan fingerprint density at radius 3 is 2.47 bits per heavy atom. The average Bonchev–Trinajstić information content (AvgIpc) is 2.48. The Balaban J connectivity index is 2.03. The number of nitrogens with one attached hydrogen (secondary N) is 1. The first-order valence-corrected chi connectivity index (χ1v) is 7.28. The number of rotatable bonds is 4. The Labute approximate surface area is 116 Å². The van der Waals surface area contributed by atoms with Crippen molar-refractivity contribution in [1.29, 1.82) is 0 Å². The van der Waals surface area contributed by atoms with E-state index in [1.807, 2.05) is 19.2 Å². The smallest absolute Gasteiger partial charge is 0.253 e. The molecular formula is C16H24N2O.